The topological polar surface area (TPSA) is 30.9 Å². The number of fused-ring (bicyclic) bond motifs is 1. The van der Waals surface area contributed by atoms with E-state index in [1.807, 2.05) is 17.7 Å². The van der Waals surface area contributed by atoms with E-state index in [0.717, 1.165) is 18.1 Å². The van der Waals surface area contributed by atoms with Gasteiger partial charge in [-0.15, -0.1) is 0 Å². The molecule has 0 aliphatic carbocycles. The van der Waals surface area contributed by atoms with Gasteiger partial charge in [0.2, 0.25) is 0 Å². The largest absolute Gasteiger partial charge is 0.478 e. The fraction of sp³-hybridized carbons (Fsp3) is 0.455. The smallest absolute Gasteiger partial charge is 0.312 e. The van der Waals surface area contributed by atoms with Crippen LogP contribution in [0.4, 0.5) is 0 Å². The summed E-state index contributed by atoms with van der Waals surface area (Å²) in [5, 5.41) is 4.35. The first-order valence-corrected chi connectivity index (χ1v) is 5.11. The quantitative estimate of drug-likeness (QED) is 0.692. The van der Waals surface area contributed by atoms with Crippen LogP contribution in [0.5, 0.6) is 5.88 Å². The fourth-order valence-electron chi connectivity index (χ4n) is 1.94. The van der Waals surface area contributed by atoms with E-state index < -0.39 is 0 Å². The molecule has 2 aliphatic heterocycles. The molecule has 0 atom stereocenters. The zero-order valence-corrected chi connectivity index (χ0v) is 9.61. The van der Waals surface area contributed by atoms with Crippen LogP contribution in [0.1, 0.15) is 18.3 Å². The Morgan fingerprint density at radius 1 is 1.40 bits per heavy atom. The van der Waals surface area contributed by atoms with Gasteiger partial charge in [-0.1, -0.05) is 4.68 Å². The van der Waals surface area contributed by atoms with Gasteiger partial charge in [0.05, 0.1) is 19.7 Å². The van der Waals surface area contributed by atoms with E-state index in [-0.39, 0.29) is 0 Å². The molecule has 0 radical (unpaired) electrons. The van der Waals surface area contributed by atoms with E-state index in [1.54, 1.807) is 7.11 Å². The van der Waals surface area contributed by atoms with Crippen molar-refractivity contribution in [3.05, 3.63) is 23.5 Å². The Balaban J connectivity index is 2.74. The highest BCUT2D eigenvalue weighted by molar-refractivity contribution is 5.24. The second kappa shape index (κ2) is 3.53. The number of hydrogen-bond acceptors (Lipinski definition) is 2. The molecule has 0 aromatic carbocycles. The second-order valence-electron chi connectivity index (χ2n) is 3.63. The maximum atomic E-state index is 5.15. The molecule has 80 valence electrons. The number of nitrogens with zero attached hydrogens (tertiary/aromatic N) is 3. The van der Waals surface area contributed by atoms with Crippen LogP contribution in [0.15, 0.2) is 12.1 Å². The van der Waals surface area contributed by atoms with Crippen molar-refractivity contribution in [1.82, 2.24) is 9.67 Å². The summed E-state index contributed by atoms with van der Waals surface area (Å²) < 4.78 is 9.27. The molecule has 0 amide bonds. The Labute approximate surface area is 89.4 Å². The summed E-state index contributed by atoms with van der Waals surface area (Å²) in [6.45, 7) is 7.22. The number of rotatable bonds is 2. The van der Waals surface area contributed by atoms with E-state index in [9.17, 15) is 0 Å². The van der Waals surface area contributed by atoms with Crippen molar-refractivity contribution >= 4 is 0 Å². The van der Waals surface area contributed by atoms with Gasteiger partial charge in [-0.3, -0.25) is 0 Å². The van der Waals surface area contributed by atoms with Gasteiger partial charge < -0.3 is 4.74 Å². The minimum Gasteiger partial charge on any atom is -0.478 e. The molecule has 4 heteroatoms. The third kappa shape index (κ3) is 1.46. The fourth-order valence-corrected chi connectivity index (χ4v) is 1.94. The van der Waals surface area contributed by atoms with Crippen LogP contribution in [0.3, 0.4) is 0 Å². The lowest BCUT2D eigenvalue weighted by molar-refractivity contribution is -0.667. The van der Waals surface area contributed by atoms with Crippen LogP contribution in [0, 0.1) is 13.8 Å². The Morgan fingerprint density at radius 3 is 2.73 bits per heavy atom. The summed E-state index contributed by atoms with van der Waals surface area (Å²) in [5.41, 5.74) is 2.36. The number of aryl methyl sites for hydroxylation is 2. The van der Waals surface area contributed by atoms with E-state index in [2.05, 4.69) is 29.6 Å². The summed E-state index contributed by atoms with van der Waals surface area (Å²) in [7, 11) is 1.64. The third-order valence-electron chi connectivity index (χ3n) is 2.65. The molecule has 2 aliphatic rings. The summed E-state index contributed by atoms with van der Waals surface area (Å²) in [5.74, 6) is 1.73. The van der Waals surface area contributed by atoms with Crippen molar-refractivity contribution < 1.29 is 9.42 Å². The Morgan fingerprint density at radius 2 is 2.13 bits per heavy atom. The predicted octanol–water partition coefficient (Wildman–Crippen LogP) is 1.24. The van der Waals surface area contributed by atoms with Crippen molar-refractivity contribution in [2.75, 3.05) is 7.11 Å². The molecule has 0 aromatic rings. The molecule has 2 heterocycles. The molecule has 0 spiro atoms. The normalized spacial score (nSPS) is 10.9. The van der Waals surface area contributed by atoms with E-state index >= 15 is 0 Å². The Kier molecular flexibility index (Phi) is 2.34. The highest BCUT2D eigenvalue weighted by Gasteiger charge is 2.23. The van der Waals surface area contributed by atoms with E-state index in [4.69, 9.17) is 4.74 Å². The second-order valence-corrected chi connectivity index (χ2v) is 3.63. The van der Waals surface area contributed by atoms with Crippen molar-refractivity contribution in [1.29, 1.82) is 0 Å². The minimum absolute atomic E-state index is 0.658. The van der Waals surface area contributed by atoms with Crippen LogP contribution in [-0.4, -0.2) is 16.8 Å². The van der Waals surface area contributed by atoms with Crippen molar-refractivity contribution in [2.45, 2.75) is 27.3 Å². The van der Waals surface area contributed by atoms with Crippen LogP contribution < -0.4 is 9.42 Å². The third-order valence-corrected chi connectivity index (χ3v) is 2.65. The van der Waals surface area contributed by atoms with Gasteiger partial charge in [-0.2, -0.15) is 0 Å². The first-order valence-electron chi connectivity index (χ1n) is 5.11. The molecule has 0 bridgehead atoms. The van der Waals surface area contributed by atoms with Gasteiger partial charge in [0.25, 0.3) is 5.88 Å². The molecule has 0 saturated heterocycles. The maximum absolute atomic E-state index is 5.15. The molecule has 0 saturated carbocycles. The summed E-state index contributed by atoms with van der Waals surface area (Å²) in [6, 6.07) is 4.09. The predicted molar refractivity (Wildman–Crippen MR) is 56.6 cm³/mol. The standard InChI is InChI=1S/C11H16N3O/c1-5-13-8(2)6-9(3)14-11(13)7-10(12-14)15-4/h6-7H,5H2,1-4H3/q+1. The van der Waals surface area contributed by atoms with Gasteiger partial charge in [0, 0.05) is 13.0 Å². The van der Waals surface area contributed by atoms with Crippen LogP contribution in [0.25, 0.3) is 5.82 Å². The maximum Gasteiger partial charge on any atom is 0.312 e. The highest BCUT2D eigenvalue weighted by Crippen LogP contribution is 2.14. The van der Waals surface area contributed by atoms with E-state index in [0.29, 0.717) is 5.88 Å². The summed E-state index contributed by atoms with van der Waals surface area (Å²) in [6.07, 6.45) is 0. The molecule has 4 nitrogen and oxygen atoms in total. The number of aromatic nitrogens is 3. The average molecular weight is 206 g/mol. The molecule has 0 N–H and O–H groups in total. The van der Waals surface area contributed by atoms with Crippen LogP contribution in [-0.2, 0) is 6.54 Å². The van der Waals surface area contributed by atoms with Crippen molar-refractivity contribution in [3.8, 4) is 11.7 Å². The number of hydrogen-bond donors (Lipinski definition) is 0. The van der Waals surface area contributed by atoms with Crippen molar-refractivity contribution in [2.24, 2.45) is 0 Å². The zero-order chi connectivity index (χ0) is 11.0. The molecule has 2 rings (SSSR count). The summed E-state index contributed by atoms with van der Waals surface area (Å²) >= 11 is 0. The lowest BCUT2D eigenvalue weighted by atomic mass is 10.3. The molecule has 0 fully saturated rings. The SMILES string of the molecule is CCn1c(C)cc(C)[n+]2nc(OC)cc1-2. The minimum atomic E-state index is 0.658. The first-order chi connectivity index (χ1) is 7.17. The highest BCUT2D eigenvalue weighted by atomic mass is 16.5. The molecule has 0 unspecified atom stereocenters. The van der Waals surface area contributed by atoms with Crippen LogP contribution in [0.2, 0.25) is 0 Å². The van der Waals surface area contributed by atoms with Gasteiger partial charge in [0.1, 0.15) is 11.4 Å². The van der Waals surface area contributed by atoms with Gasteiger partial charge in [-0.05, 0) is 18.9 Å². The van der Waals surface area contributed by atoms with Gasteiger partial charge >= 0.3 is 5.82 Å². The van der Waals surface area contributed by atoms with E-state index in [1.165, 1.54) is 5.69 Å². The van der Waals surface area contributed by atoms with Gasteiger partial charge in [-0.25, -0.2) is 4.57 Å². The monoisotopic (exact) mass is 206 g/mol. The summed E-state index contributed by atoms with van der Waals surface area (Å²) in [4.78, 5) is 0. The molecule has 0 aromatic heterocycles. The Hall–Kier alpha value is -1.58. The number of methoxy groups -OCH3 is 1. The zero-order valence-electron chi connectivity index (χ0n) is 9.61. The lowest BCUT2D eigenvalue weighted by Crippen LogP contribution is -2.40. The average Bonchev–Trinajstić information content (AvgIpc) is 2.62. The Bertz CT molecular complexity index is 462. The first kappa shape index (κ1) is 9.96. The number of ether oxygens (including phenoxy) is 1. The molecular weight excluding hydrogens is 190 g/mol. The lowest BCUT2D eigenvalue weighted by Gasteiger charge is -2.07. The molecular formula is C11H16N3O+. The van der Waals surface area contributed by atoms with Crippen LogP contribution >= 0.6 is 0 Å². The van der Waals surface area contributed by atoms with Crippen molar-refractivity contribution in [3.63, 3.8) is 0 Å². The molecule has 15 heavy (non-hydrogen) atoms. The van der Waals surface area contributed by atoms with Gasteiger partial charge in [0.15, 0.2) is 0 Å².